The zero-order valence-electron chi connectivity index (χ0n) is 11.2. The molecule has 1 heterocycles. The number of carbonyl (C=O) groups is 2. The molecule has 0 bridgehead atoms. The van der Waals surface area contributed by atoms with Crippen molar-refractivity contribution in [3.63, 3.8) is 0 Å². The van der Waals surface area contributed by atoms with Gasteiger partial charge in [0.05, 0.1) is 5.56 Å². The van der Waals surface area contributed by atoms with Gasteiger partial charge < -0.3 is 10.3 Å². The first-order valence-corrected chi connectivity index (χ1v) is 6.48. The van der Waals surface area contributed by atoms with Crippen LogP contribution in [-0.2, 0) is 4.79 Å². The molecule has 4 heteroatoms. The van der Waals surface area contributed by atoms with Crippen LogP contribution in [0.25, 0.3) is 10.9 Å². The molecule has 0 saturated carbocycles. The molecule has 0 saturated heterocycles. The fraction of sp³-hybridized carbons (Fsp3) is 0.333. The van der Waals surface area contributed by atoms with Crippen LogP contribution in [-0.4, -0.2) is 23.2 Å². The molecule has 0 unspecified atom stereocenters. The van der Waals surface area contributed by atoms with E-state index in [2.05, 4.69) is 24.1 Å². The average molecular weight is 258 g/mol. The van der Waals surface area contributed by atoms with Crippen molar-refractivity contribution in [2.75, 3.05) is 6.54 Å². The summed E-state index contributed by atoms with van der Waals surface area (Å²) in [7, 11) is 0. The van der Waals surface area contributed by atoms with Crippen molar-refractivity contribution >= 4 is 22.6 Å². The average Bonchev–Trinajstić information content (AvgIpc) is 2.81. The predicted molar refractivity (Wildman–Crippen MR) is 75.1 cm³/mol. The quantitative estimate of drug-likeness (QED) is 0.639. The topological polar surface area (TPSA) is 62.0 Å². The summed E-state index contributed by atoms with van der Waals surface area (Å²) in [6.45, 7) is 4.69. The Balaban J connectivity index is 2.09. The first-order valence-electron chi connectivity index (χ1n) is 6.48. The Morgan fingerprint density at radius 1 is 1.26 bits per heavy atom. The second kappa shape index (κ2) is 5.69. The van der Waals surface area contributed by atoms with Crippen molar-refractivity contribution in [2.24, 2.45) is 5.92 Å². The minimum absolute atomic E-state index is 0.428. The van der Waals surface area contributed by atoms with Crippen molar-refractivity contribution in [2.45, 2.75) is 20.3 Å². The van der Waals surface area contributed by atoms with E-state index in [0.717, 1.165) is 17.3 Å². The number of Topliss-reactive ketones (excluding diaryl/α,β-unsaturated/α-hetero) is 1. The summed E-state index contributed by atoms with van der Waals surface area (Å²) in [6, 6.07) is 7.45. The molecule has 2 aromatic rings. The van der Waals surface area contributed by atoms with Gasteiger partial charge in [-0.25, -0.2) is 0 Å². The van der Waals surface area contributed by atoms with Gasteiger partial charge in [0.15, 0.2) is 0 Å². The maximum absolute atomic E-state index is 12.1. The molecule has 0 spiro atoms. The molecule has 0 atom stereocenters. The maximum Gasteiger partial charge on any atom is 0.292 e. The number of aromatic nitrogens is 1. The van der Waals surface area contributed by atoms with Gasteiger partial charge >= 0.3 is 0 Å². The molecule has 0 aliphatic heterocycles. The number of hydrogen-bond acceptors (Lipinski definition) is 2. The van der Waals surface area contributed by atoms with Crippen LogP contribution in [0.3, 0.4) is 0 Å². The van der Waals surface area contributed by atoms with Gasteiger partial charge in [-0.1, -0.05) is 32.0 Å². The van der Waals surface area contributed by atoms with Crippen molar-refractivity contribution < 1.29 is 9.59 Å². The summed E-state index contributed by atoms with van der Waals surface area (Å²) in [5.41, 5.74) is 1.29. The van der Waals surface area contributed by atoms with Crippen LogP contribution in [0.5, 0.6) is 0 Å². The van der Waals surface area contributed by atoms with Gasteiger partial charge in [-0.3, -0.25) is 9.59 Å². The lowest BCUT2D eigenvalue weighted by Gasteiger charge is -2.06. The number of ketones is 1. The molecule has 0 aliphatic carbocycles. The Morgan fingerprint density at radius 2 is 2.00 bits per heavy atom. The van der Waals surface area contributed by atoms with Crippen molar-refractivity contribution in [3.05, 3.63) is 36.0 Å². The fourth-order valence-electron chi connectivity index (χ4n) is 1.94. The largest absolute Gasteiger partial charge is 0.360 e. The third kappa shape index (κ3) is 3.02. The zero-order chi connectivity index (χ0) is 13.8. The number of hydrogen-bond donors (Lipinski definition) is 2. The van der Waals surface area contributed by atoms with Gasteiger partial charge in [0, 0.05) is 23.6 Å². The van der Waals surface area contributed by atoms with E-state index in [0.29, 0.717) is 18.0 Å². The van der Waals surface area contributed by atoms with Gasteiger partial charge in [0.2, 0.25) is 0 Å². The number of nitrogens with one attached hydrogen (secondary N) is 2. The SMILES string of the molecule is CC(C)CCNC(=O)C(=O)c1c[nH]c2ccccc12. The van der Waals surface area contributed by atoms with Crippen LogP contribution in [0.4, 0.5) is 0 Å². The van der Waals surface area contributed by atoms with Crippen molar-refractivity contribution in [3.8, 4) is 0 Å². The van der Waals surface area contributed by atoms with Crippen LogP contribution in [0, 0.1) is 5.92 Å². The van der Waals surface area contributed by atoms with E-state index in [1.807, 2.05) is 24.3 Å². The van der Waals surface area contributed by atoms with E-state index in [4.69, 9.17) is 0 Å². The van der Waals surface area contributed by atoms with E-state index < -0.39 is 11.7 Å². The molecule has 0 fully saturated rings. The first-order chi connectivity index (χ1) is 9.09. The van der Waals surface area contributed by atoms with E-state index >= 15 is 0 Å². The predicted octanol–water partition coefficient (Wildman–Crippen LogP) is 2.51. The number of H-pyrrole nitrogens is 1. The van der Waals surface area contributed by atoms with Gasteiger partial charge in [-0.15, -0.1) is 0 Å². The van der Waals surface area contributed by atoms with Gasteiger partial charge in [-0.05, 0) is 18.4 Å². The van der Waals surface area contributed by atoms with Crippen molar-refractivity contribution in [1.29, 1.82) is 0 Å². The van der Waals surface area contributed by atoms with E-state index in [9.17, 15) is 9.59 Å². The van der Waals surface area contributed by atoms with E-state index in [1.54, 1.807) is 6.20 Å². The van der Waals surface area contributed by atoms with Crippen molar-refractivity contribution in [1.82, 2.24) is 10.3 Å². The Kier molecular flexibility index (Phi) is 4.00. The number of fused-ring (bicyclic) bond motifs is 1. The number of benzene rings is 1. The van der Waals surface area contributed by atoms with Gasteiger partial charge in [-0.2, -0.15) is 0 Å². The summed E-state index contributed by atoms with van der Waals surface area (Å²) < 4.78 is 0. The molecule has 0 radical (unpaired) electrons. The highest BCUT2D eigenvalue weighted by Gasteiger charge is 2.19. The highest BCUT2D eigenvalue weighted by molar-refractivity contribution is 6.44. The molecule has 4 nitrogen and oxygen atoms in total. The normalized spacial score (nSPS) is 10.9. The molecule has 2 rings (SSSR count). The van der Waals surface area contributed by atoms with Gasteiger partial charge in [0.1, 0.15) is 0 Å². The minimum Gasteiger partial charge on any atom is -0.360 e. The maximum atomic E-state index is 12.1. The smallest absolute Gasteiger partial charge is 0.292 e. The molecular weight excluding hydrogens is 240 g/mol. The number of carbonyl (C=O) groups excluding carboxylic acids is 2. The van der Waals surface area contributed by atoms with E-state index in [1.165, 1.54) is 0 Å². The lowest BCUT2D eigenvalue weighted by Crippen LogP contribution is -2.32. The molecule has 100 valence electrons. The summed E-state index contributed by atoms with van der Waals surface area (Å²) in [6.07, 6.45) is 2.46. The molecule has 0 aliphatic rings. The second-order valence-electron chi connectivity index (χ2n) is 5.02. The third-order valence-corrected chi connectivity index (χ3v) is 3.05. The highest BCUT2D eigenvalue weighted by atomic mass is 16.2. The Labute approximate surface area is 112 Å². The van der Waals surface area contributed by atoms with Crippen LogP contribution in [0.1, 0.15) is 30.6 Å². The number of aromatic amines is 1. The summed E-state index contributed by atoms with van der Waals surface area (Å²) in [4.78, 5) is 26.9. The molecule has 1 aromatic carbocycles. The number of para-hydroxylation sites is 1. The molecule has 2 N–H and O–H groups in total. The highest BCUT2D eigenvalue weighted by Crippen LogP contribution is 2.18. The minimum atomic E-state index is -0.537. The van der Waals surface area contributed by atoms with Gasteiger partial charge in [0.25, 0.3) is 11.7 Å². The number of rotatable bonds is 5. The number of amides is 1. The zero-order valence-corrected chi connectivity index (χ0v) is 11.2. The Bertz CT molecular complexity index is 599. The third-order valence-electron chi connectivity index (χ3n) is 3.05. The van der Waals surface area contributed by atoms with Crippen LogP contribution in [0.2, 0.25) is 0 Å². The van der Waals surface area contributed by atoms with Crippen LogP contribution in [0.15, 0.2) is 30.5 Å². The molecular formula is C15H18N2O2. The fourth-order valence-corrected chi connectivity index (χ4v) is 1.94. The molecule has 19 heavy (non-hydrogen) atoms. The standard InChI is InChI=1S/C15H18N2O2/c1-10(2)7-8-16-15(19)14(18)12-9-17-13-6-4-3-5-11(12)13/h3-6,9-10,17H,7-8H2,1-2H3,(H,16,19). The Hall–Kier alpha value is -2.10. The first kappa shape index (κ1) is 13.3. The summed E-state index contributed by atoms with van der Waals surface area (Å²) >= 11 is 0. The lowest BCUT2D eigenvalue weighted by atomic mass is 10.1. The molecule has 1 amide bonds. The summed E-state index contributed by atoms with van der Waals surface area (Å²) in [5, 5.41) is 3.45. The monoisotopic (exact) mass is 258 g/mol. The summed E-state index contributed by atoms with van der Waals surface area (Å²) in [5.74, 6) is -0.518. The Morgan fingerprint density at radius 3 is 2.74 bits per heavy atom. The molecule has 1 aromatic heterocycles. The second-order valence-corrected chi connectivity index (χ2v) is 5.02. The van der Waals surface area contributed by atoms with Crippen LogP contribution < -0.4 is 5.32 Å². The van der Waals surface area contributed by atoms with Crippen LogP contribution >= 0.6 is 0 Å². The lowest BCUT2D eigenvalue weighted by molar-refractivity contribution is -0.117. The van der Waals surface area contributed by atoms with E-state index in [-0.39, 0.29) is 0 Å².